The number of hydrogen-bond acceptors (Lipinski definition) is 14. The number of cyclic esters (lactones) is 1. The van der Waals surface area contributed by atoms with Gasteiger partial charge in [0, 0.05) is 17.6 Å². The normalized spacial score (nSPS) is 54.4. The van der Waals surface area contributed by atoms with Gasteiger partial charge in [0.1, 0.15) is 49.3 Å². The van der Waals surface area contributed by atoms with E-state index >= 15 is 0 Å². The average Bonchev–Trinajstić information content (AvgIpc) is 3.63. The molecular weight excluding hydrogens is 644 g/mol. The molecule has 0 unspecified atom stereocenters. The van der Waals surface area contributed by atoms with E-state index in [0.29, 0.717) is 31.3 Å². The van der Waals surface area contributed by atoms with Gasteiger partial charge in [0.2, 0.25) is 0 Å². The maximum absolute atomic E-state index is 12.5. The molecule has 3 aliphatic heterocycles. The Hall–Kier alpha value is -1.27. The number of hydrogen-bond donors (Lipinski definition) is 8. The highest BCUT2D eigenvalue weighted by atomic mass is 16.7. The van der Waals surface area contributed by atoms with Crippen LogP contribution < -0.4 is 0 Å². The molecule has 6 fully saturated rings. The Morgan fingerprint density at radius 3 is 2.31 bits per heavy atom. The molecule has 0 radical (unpaired) electrons. The molecule has 0 spiro atoms. The van der Waals surface area contributed by atoms with Gasteiger partial charge in [-0.05, 0) is 99.9 Å². The number of carbonyl (C=O) groups is 1. The molecule has 18 atom stereocenters. The molecule has 0 amide bonds. The number of esters is 1. The van der Waals surface area contributed by atoms with E-state index in [1.165, 1.54) is 6.92 Å². The third-order valence-electron chi connectivity index (χ3n) is 14.2. The summed E-state index contributed by atoms with van der Waals surface area (Å²) in [5, 5.41) is 86.3. The Balaban J connectivity index is 1.02. The number of ether oxygens (including phenoxy) is 5. The Bertz CT molecular complexity index is 1260. The molecule has 49 heavy (non-hydrogen) atoms. The molecule has 0 aromatic heterocycles. The quantitative estimate of drug-likeness (QED) is 0.153. The summed E-state index contributed by atoms with van der Waals surface area (Å²) in [7, 11) is 0. The van der Waals surface area contributed by atoms with Gasteiger partial charge >= 0.3 is 5.97 Å². The van der Waals surface area contributed by atoms with E-state index in [1.807, 2.05) is 6.08 Å². The second-order valence-electron chi connectivity index (χ2n) is 16.1. The summed E-state index contributed by atoms with van der Waals surface area (Å²) in [5.41, 5.74) is -1.11. The summed E-state index contributed by atoms with van der Waals surface area (Å²) in [4.78, 5) is 12.5. The second-order valence-corrected chi connectivity index (χ2v) is 16.1. The maximum atomic E-state index is 12.5. The molecular formula is C35H54O14. The zero-order chi connectivity index (χ0) is 35.0. The number of rotatable bonds is 7. The van der Waals surface area contributed by atoms with Crippen molar-refractivity contribution in [3.8, 4) is 0 Å². The molecule has 14 heteroatoms. The van der Waals surface area contributed by atoms with Crippen LogP contribution >= 0.6 is 0 Å². The van der Waals surface area contributed by atoms with Crippen LogP contribution in [0.1, 0.15) is 71.6 Å². The fourth-order valence-corrected chi connectivity index (χ4v) is 11.5. The minimum Gasteiger partial charge on any atom is -0.458 e. The molecule has 4 saturated carbocycles. The van der Waals surface area contributed by atoms with Gasteiger partial charge in [-0.15, -0.1) is 0 Å². The highest BCUT2D eigenvalue weighted by molar-refractivity contribution is 5.91. The van der Waals surface area contributed by atoms with Gasteiger partial charge in [-0.25, -0.2) is 4.79 Å². The largest absolute Gasteiger partial charge is 0.458 e. The van der Waals surface area contributed by atoms with Crippen LogP contribution in [-0.4, -0.2) is 140 Å². The van der Waals surface area contributed by atoms with Crippen LogP contribution in [0.5, 0.6) is 0 Å². The molecule has 0 aromatic carbocycles. The monoisotopic (exact) mass is 698 g/mol. The topological polar surface area (TPSA) is 225 Å². The van der Waals surface area contributed by atoms with Gasteiger partial charge in [-0.2, -0.15) is 0 Å². The van der Waals surface area contributed by atoms with Crippen LogP contribution in [0.2, 0.25) is 0 Å². The number of fused-ring (bicyclic) bond motifs is 5. The summed E-state index contributed by atoms with van der Waals surface area (Å²) in [6.07, 6.45) is -5.87. The van der Waals surface area contributed by atoms with Crippen molar-refractivity contribution in [1.29, 1.82) is 0 Å². The zero-order valence-corrected chi connectivity index (χ0v) is 28.3. The summed E-state index contributed by atoms with van der Waals surface area (Å²) in [5.74, 6) is -0.121. The van der Waals surface area contributed by atoms with Crippen LogP contribution in [0.15, 0.2) is 11.6 Å². The molecule has 0 aromatic rings. The molecule has 3 heterocycles. The van der Waals surface area contributed by atoms with Crippen molar-refractivity contribution in [3.63, 3.8) is 0 Å². The van der Waals surface area contributed by atoms with Crippen LogP contribution in [0.4, 0.5) is 0 Å². The standard InChI is InChI=1S/C35H54O14/c1-16-28(24(38)26(40)31(43)46-16)49-32-27(41)25(39)29(23(14-36)48-32)47-18-5-10-34(15-37)17(13-18)3-4-22-21(34)6-9-33(2)20(7-11-35(22,33)44)19-8-12-45-30(19)42/h8,16-18,20-29,31-32,36-41,43-44H,3-7,9-15H2,1-2H3/t16-,17+,18+,20+,21+,22-,23-,24-,25-,26-,27-,28-,29-,31-,32+,33+,34+,35-/m1/s1. The number of aliphatic hydroxyl groups is 8. The summed E-state index contributed by atoms with van der Waals surface area (Å²) in [6.45, 7) is 3.37. The molecule has 8 N–H and O–H groups in total. The number of carbonyl (C=O) groups excluding carboxylic acids is 1. The second kappa shape index (κ2) is 13.3. The van der Waals surface area contributed by atoms with Gasteiger partial charge < -0.3 is 64.5 Å². The third kappa shape index (κ3) is 5.56. The van der Waals surface area contributed by atoms with Crippen molar-refractivity contribution in [2.75, 3.05) is 19.8 Å². The average molecular weight is 699 g/mol. The number of aliphatic hydroxyl groups excluding tert-OH is 7. The van der Waals surface area contributed by atoms with E-state index in [4.69, 9.17) is 23.7 Å². The minimum atomic E-state index is -1.66. The highest BCUT2D eigenvalue weighted by Gasteiger charge is 2.69. The lowest BCUT2D eigenvalue weighted by Crippen LogP contribution is -2.65. The molecule has 7 aliphatic rings. The van der Waals surface area contributed by atoms with Crippen LogP contribution in [0.3, 0.4) is 0 Å². The van der Waals surface area contributed by atoms with Crippen LogP contribution in [0.25, 0.3) is 0 Å². The van der Waals surface area contributed by atoms with Crippen molar-refractivity contribution in [2.45, 2.75) is 145 Å². The molecule has 7 rings (SSSR count). The van der Waals surface area contributed by atoms with Crippen LogP contribution in [0, 0.1) is 34.5 Å². The van der Waals surface area contributed by atoms with Crippen molar-refractivity contribution in [1.82, 2.24) is 0 Å². The first-order valence-corrected chi connectivity index (χ1v) is 18.1. The summed E-state index contributed by atoms with van der Waals surface area (Å²) in [6, 6.07) is 0. The summed E-state index contributed by atoms with van der Waals surface area (Å²) < 4.78 is 28.5. The lowest BCUT2D eigenvalue weighted by atomic mass is 9.43. The zero-order valence-electron chi connectivity index (χ0n) is 28.3. The molecule has 0 bridgehead atoms. The minimum absolute atomic E-state index is 0.00487. The van der Waals surface area contributed by atoms with E-state index in [-0.39, 0.29) is 49.0 Å². The SMILES string of the molecule is C[C@H]1O[C@@H](O)[C@H](O)[C@@H](O)[C@@H]1O[C@@H]1O[C@H](CO)[C@@H](O[C@H]2CC[C@]3(CO)[C@@H](CC[C@@H]4[C@@H]3CC[C@@]3(C)[C@H](C5=CCOC5=O)CC[C@@]43O)C2)[C@H](O)[C@H]1O. The van der Waals surface area contributed by atoms with Crippen molar-refractivity contribution >= 4 is 5.97 Å². The van der Waals surface area contributed by atoms with E-state index in [9.17, 15) is 45.6 Å². The predicted octanol–water partition coefficient (Wildman–Crippen LogP) is -0.747. The van der Waals surface area contributed by atoms with E-state index in [0.717, 1.165) is 32.1 Å². The van der Waals surface area contributed by atoms with Gasteiger partial charge in [-0.3, -0.25) is 0 Å². The Kier molecular flexibility index (Phi) is 9.80. The first kappa shape index (κ1) is 36.1. The maximum Gasteiger partial charge on any atom is 0.334 e. The van der Waals surface area contributed by atoms with E-state index < -0.39 is 84.4 Å². The molecule has 2 saturated heterocycles. The lowest BCUT2D eigenvalue weighted by Gasteiger charge is -2.64. The Labute approximate surface area is 285 Å². The molecule has 278 valence electrons. The van der Waals surface area contributed by atoms with Crippen molar-refractivity contribution in [3.05, 3.63) is 11.6 Å². The third-order valence-corrected chi connectivity index (χ3v) is 14.2. The Morgan fingerprint density at radius 1 is 0.857 bits per heavy atom. The molecule has 4 aliphatic carbocycles. The van der Waals surface area contributed by atoms with Crippen molar-refractivity contribution in [2.24, 2.45) is 34.5 Å². The molecule has 14 nitrogen and oxygen atoms in total. The van der Waals surface area contributed by atoms with Gasteiger partial charge in [0.25, 0.3) is 0 Å². The fraction of sp³-hybridized carbons (Fsp3) is 0.914. The smallest absolute Gasteiger partial charge is 0.334 e. The van der Waals surface area contributed by atoms with Crippen molar-refractivity contribution < 1.29 is 69.3 Å². The highest BCUT2D eigenvalue weighted by Crippen LogP contribution is 2.70. The van der Waals surface area contributed by atoms with Crippen LogP contribution in [-0.2, 0) is 28.5 Å². The van der Waals surface area contributed by atoms with Gasteiger partial charge in [0.15, 0.2) is 12.6 Å². The summed E-state index contributed by atoms with van der Waals surface area (Å²) >= 11 is 0. The first-order valence-electron chi connectivity index (χ1n) is 18.1. The predicted molar refractivity (Wildman–Crippen MR) is 167 cm³/mol. The first-order chi connectivity index (χ1) is 23.3. The van der Waals surface area contributed by atoms with E-state index in [1.54, 1.807) is 0 Å². The Morgan fingerprint density at radius 2 is 1.61 bits per heavy atom. The van der Waals surface area contributed by atoms with Gasteiger partial charge in [-0.1, -0.05) is 6.92 Å². The fourth-order valence-electron chi connectivity index (χ4n) is 11.5. The van der Waals surface area contributed by atoms with Gasteiger partial charge in [0.05, 0.1) is 24.4 Å². The van der Waals surface area contributed by atoms with E-state index in [2.05, 4.69) is 6.92 Å². The lowest BCUT2D eigenvalue weighted by molar-refractivity contribution is -0.357.